The maximum absolute atomic E-state index is 12.1. The Morgan fingerprint density at radius 1 is 1.05 bits per heavy atom. The number of hydrogen-bond donors (Lipinski definition) is 0. The highest BCUT2D eigenvalue weighted by Crippen LogP contribution is 2.28. The molecule has 0 saturated heterocycles. The van der Waals surface area contributed by atoms with Gasteiger partial charge < -0.3 is 4.52 Å². The summed E-state index contributed by atoms with van der Waals surface area (Å²) in [6, 6.07) is 14.5. The van der Waals surface area contributed by atoms with Crippen molar-refractivity contribution in [2.75, 3.05) is 0 Å². The number of nitrogens with zero attached hydrogens (tertiary/aromatic N) is 1. The molecule has 1 aromatic heterocycles. The summed E-state index contributed by atoms with van der Waals surface area (Å²) >= 11 is 0. The molecule has 0 saturated carbocycles. The zero-order valence-electron chi connectivity index (χ0n) is 11.6. The highest BCUT2D eigenvalue weighted by molar-refractivity contribution is 5.99. The summed E-state index contributed by atoms with van der Waals surface area (Å²) in [7, 11) is 0. The Balaban J connectivity index is 1.79. The topological polar surface area (TPSA) is 43.1 Å². The minimum absolute atomic E-state index is 0.174. The van der Waals surface area contributed by atoms with Crippen molar-refractivity contribution in [3.63, 3.8) is 0 Å². The van der Waals surface area contributed by atoms with E-state index < -0.39 is 0 Å². The maximum atomic E-state index is 12.1. The van der Waals surface area contributed by atoms with Crippen LogP contribution in [0.1, 0.15) is 40.2 Å². The first-order chi connectivity index (χ1) is 10.3. The van der Waals surface area contributed by atoms with Crippen LogP contribution in [-0.4, -0.2) is 10.9 Å². The quantitative estimate of drug-likeness (QED) is 0.712. The van der Waals surface area contributed by atoms with E-state index in [0.29, 0.717) is 12.8 Å². The van der Waals surface area contributed by atoms with E-state index in [2.05, 4.69) is 29.4 Å². The second kappa shape index (κ2) is 4.85. The van der Waals surface area contributed by atoms with Crippen molar-refractivity contribution < 1.29 is 9.32 Å². The van der Waals surface area contributed by atoms with Crippen LogP contribution in [0.25, 0.3) is 10.8 Å². The van der Waals surface area contributed by atoms with Crippen LogP contribution in [0.15, 0.2) is 47.0 Å². The van der Waals surface area contributed by atoms with E-state index in [-0.39, 0.29) is 5.78 Å². The van der Waals surface area contributed by atoms with Crippen LogP contribution in [0.4, 0.5) is 0 Å². The fourth-order valence-electron chi connectivity index (χ4n) is 3.13. The Bertz CT molecular complexity index is 827. The van der Waals surface area contributed by atoms with Crippen LogP contribution in [0.5, 0.6) is 0 Å². The molecule has 0 unspecified atom stereocenters. The first-order valence-electron chi connectivity index (χ1n) is 7.30. The number of ketones is 1. The number of benzene rings is 2. The van der Waals surface area contributed by atoms with E-state index in [4.69, 9.17) is 4.52 Å². The lowest BCUT2D eigenvalue weighted by Gasteiger charge is -2.09. The van der Waals surface area contributed by atoms with Gasteiger partial charge in [-0.05, 0) is 22.8 Å². The Kier molecular flexibility index (Phi) is 2.85. The Morgan fingerprint density at radius 3 is 2.86 bits per heavy atom. The van der Waals surface area contributed by atoms with Crippen LogP contribution in [0.3, 0.4) is 0 Å². The normalized spacial score (nSPS) is 14.4. The van der Waals surface area contributed by atoms with Crippen molar-refractivity contribution in [1.29, 1.82) is 0 Å². The molecule has 0 fully saturated rings. The van der Waals surface area contributed by atoms with Crippen LogP contribution in [-0.2, 0) is 12.8 Å². The van der Waals surface area contributed by atoms with Gasteiger partial charge in [-0.2, -0.15) is 0 Å². The van der Waals surface area contributed by atoms with Gasteiger partial charge >= 0.3 is 0 Å². The second-order valence-electron chi connectivity index (χ2n) is 5.52. The smallest absolute Gasteiger partial charge is 0.168 e. The minimum Gasteiger partial charge on any atom is -0.360 e. The van der Waals surface area contributed by atoms with Gasteiger partial charge in [-0.3, -0.25) is 4.79 Å². The second-order valence-corrected chi connectivity index (χ2v) is 5.52. The van der Waals surface area contributed by atoms with E-state index in [0.717, 1.165) is 29.9 Å². The Hall–Kier alpha value is -2.42. The molecule has 21 heavy (non-hydrogen) atoms. The lowest BCUT2D eigenvalue weighted by molar-refractivity contribution is 0.0968. The molecule has 0 bridgehead atoms. The molecule has 0 atom stereocenters. The van der Waals surface area contributed by atoms with Crippen molar-refractivity contribution in [1.82, 2.24) is 5.16 Å². The van der Waals surface area contributed by atoms with Gasteiger partial charge in [0, 0.05) is 19.3 Å². The van der Waals surface area contributed by atoms with Gasteiger partial charge in [0.05, 0.1) is 11.3 Å². The number of carbonyl (C=O) groups is 1. The number of fused-ring (bicyclic) bond motifs is 2. The molecule has 0 amide bonds. The minimum atomic E-state index is 0.174. The number of aromatic nitrogens is 1. The highest BCUT2D eigenvalue weighted by Gasteiger charge is 2.26. The summed E-state index contributed by atoms with van der Waals surface area (Å²) in [5.74, 6) is 0.939. The molecule has 0 N–H and O–H groups in total. The van der Waals surface area contributed by atoms with Gasteiger partial charge in [-0.15, -0.1) is 0 Å². The van der Waals surface area contributed by atoms with Gasteiger partial charge in [-0.25, -0.2) is 0 Å². The standard InChI is InChI=1S/C18H15NO2/c20-16-9-4-10-17-18(16)15(19-21-17)11-13-7-3-6-12-5-1-2-8-14(12)13/h1-3,5-8H,4,9-11H2. The molecule has 4 rings (SSSR count). The molecule has 2 aromatic carbocycles. The van der Waals surface area contributed by atoms with Gasteiger partial charge in [-0.1, -0.05) is 47.6 Å². The summed E-state index contributed by atoms with van der Waals surface area (Å²) in [6.45, 7) is 0. The third kappa shape index (κ3) is 2.05. The SMILES string of the molecule is O=C1CCCc2onc(Cc3cccc4ccccc34)c21. The van der Waals surface area contributed by atoms with E-state index in [1.807, 2.05) is 18.2 Å². The van der Waals surface area contributed by atoms with Crippen LogP contribution in [0, 0.1) is 0 Å². The summed E-state index contributed by atoms with van der Waals surface area (Å²) in [5, 5.41) is 6.57. The molecular weight excluding hydrogens is 262 g/mol. The zero-order chi connectivity index (χ0) is 14.2. The third-order valence-corrected chi connectivity index (χ3v) is 4.16. The van der Waals surface area contributed by atoms with E-state index in [1.165, 1.54) is 16.3 Å². The van der Waals surface area contributed by atoms with E-state index >= 15 is 0 Å². The van der Waals surface area contributed by atoms with Gasteiger partial charge in [0.1, 0.15) is 5.76 Å². The monoisotopic (exact) mass is 277 g/mol. The number of carbonyl (C=O) groups excluding carboxylic acids is 1. The molecule has 1 heterocycles. The number of aryl methyl sites for hydroxylation is 1. The molecular formula is C18H15NO2. The number of Topliss-reactive ketones (excluding diaryl/α,β-unsaturated/α-hetero) is 1. The number of hydrogen-bond acceptors (Lipinski definition) is 3. The predicted molar refractivity (Wildman–Crippen MR) is 80.5 cm³/mol. The lowest BCUT2D eigenvalue weighted by Crippen LogP contribution is -2.10. The predicted octanol–water partition coefficient (Wildman–Crippen LogP) is 3.94. The van der Waals surface area contributed by atoms with Crippen LogP contribution in [0.2, 0.25) is 0 Å². The van der Waals surface area contributed by atoms with Crippen LogP contribution >= 0.6 is 0 Å². The number of rotatable bonds is 2. The van der Waals surface area contributed by atoms with Crippen molar-refractivity contribution in [3.05, 3.63) is 65.0 Å². The molecule has 3 aromatic rings. The summed E-state index contributed by atoms with van der Waals surface area (Å²) < 4.78 is 5.37. The largest absolute Gasteiger partial charge is 0.360 e. The fourth-order valence-corrected chi connectivity index (χ4v) is 3.13. The summed E-state index contributed by atoms with van der Waals surface area (Å²) in [4.78, 5) is 12.1. The molecule has 1 aliphatic rings. The highest BCUT2D eigenvalue weighted by atomic mass is 16.5. The summed E-state index contributed by atoms with van der Waals surface area (Å²) in [5.41, 5.74) is 2.70. The van der Waals surface area contributed by atoms with Crippen molar-refractivity contribution in [3.8, 4) is 0 Å². The van der Waals surface area contributed by atoms with Crippen molar-refractivity contribution in [2.24, 2.45) is 0 Å². The van der Waals surface area contributed by atoms with E-state index in [9.17, 15) is 4.79 Å². The molecule has 0 spiro atoms. The molecule has 104 valence electrons. The van der Waals surface area contributed by atoms with Crippen molar-refractivity contribution >= 4 is 16.6 Å². The molecule has 0 radical (unpaired) electrons. The molecule has 1 aliphatic carbocycles. The fraction of sp³-hybridized carbons (Fsp3) is 0.222. The zero-order valence-corrected chi connectivity index (χ0v) is 11.6. The average molecular weight is 277 g/mol. The third-order valence-electron chi connectivity index (χ3n) is 4.16. The summed E-state index contributed by atoms with van der Waals surface area (Å²) in [6.07, 6.45) is 2.95. The van der Waals surface area contributed by atoms with Gasteiger partial charge in [0.2, 0.25) is 0 Å². The van der Waals surface area contributed by atoms with Crippen LogP contribution < -0.4 is 0 Å². The maximum Gasteiger partial charge on any atom is 0.168 e. The Labute approximate surface area is 122 Å². The van der Waals surface area contributed by atoms with Gasteiger partial charge in [0.15, 0.2) is 5.78 Å². The first kappa shape index (κ1) is 12.3. The molecule has 3 heteroatoms. The Morgan fingerprint density at radius 2 is 1.90 bits per heavy atom. The van der Waals surface area contributed by atoms with Crippen molar-refractivity contribution in [2.45, 2.75) is 25.7 Å². The molecule has 0 aliphatic heterocycles. The average Bonchev–Trinajstić information content (AvgIpc) is 2.92. The van der Waals surface area contributed by atoms with E-state index in [1.54, 1.807) is 0 Å². The lowest BCUT2D eigenvalue weighted by atomic mass is 9.92. The first-order valence-corrected chi connectivity index (χ1v) is 7.30. The van der Waals surface area contributed by atoms with Gasteiger partial charge in [0.25, 0.3) is 0 Å². The molecule has 3 nitrogen and oxygen atoms in total.